The second kappa shape index (κ2) is 4.60. The van der Waals surface area contributed by atoms with E-state index >= 15 is 0 Å². The summed E-state index contributed by atoms with van der Waals surface area (Å²) >= 11 is 5.84. The molecule has 0 aliphatic heterocycles. The summed E-state index contributed by atoms with van der Waals surface area (Å²) in [6, 6.07) is 2.66. The molecular weight excluding hydrogens is 278 g/mol. The summed E-state index contributed by atoms with van der Waals surface area (Å²) in [4.78, 5) is -0.380. The van der Waals surface area contributed by atoms with Gasteiger partial charge in [-0.05, 0) is 31.4 Å². The van der Waals surface area contributed by atoms with Crippen LogP contribution in [0.5, 0.6) is 5.75 Å². The molecule has 1 aromatic carbocycles. The number of anilines is 1. The van der Waals surface area contributed by atoms with Gasteiger partial charge in [0, 0.05) is 0 Å². The van der Waals surface area contributed by atoms with Crippen molar-refractivity contribution in [3.8, 4) is 5.75 Å². The predicted octanol–water partition coefficient (Wildman–Crippen LogP) is 1.31. The fourth-order valence-electron chi connectivity index (χ4n) is 2.25. The van der Waals surface area contributed by atoms with Crippen LogP contribution in [0.15, 0.2) is 17.0 Å². The summed E-state index contributed by atoms with van der Waals surface area (Å²) in [6.07, 6.45) is 0.497. The van der Waals surface area contributed by atoms with E-state index in [-0.39, 0.29) is 15.6 Å². The van der Waals surface area contributed by atoms with Crippen molar-refractivity contribution in [1.82, 2.24) is 0 Å². The Kier molecular flexibility index (Phi) is 3.44. The van der Waals surface area contributed by atoms with Gasteiger partial charge >= 0.3 is 0 Å². The van der Waals surface area contributed by atoms with E-state index in [4.69, 9.17) is 17.3 Å². The molecule has 2 atom stereocenters. The highest BCUT2D eigenvalue weighted by Crippen LogP contribution is 2.40. The van der Waals surface area contributed by atoms with E-state index in [0.29, 0.717) is 19.3 Å². The molecule has 1 aromatic rings. The fraction of sp³-hybridized carbons (Fsp3) is 0.455. The van der Waals surface area contributed by atoms with E-state index in [2.05, 4.69) is 0 Å². The van der Waals surface area contributed by atoms with Gasteiger partial charge in [0.25, 0.3) is 0 Å². The van der Waals surface area contributed by atoms with Crippen molar-refractivity contribution in [2.75, 3.05) is 5.73 Å². The second-order valence-corrected chi connectivity index (χ2v) is 6.91. The molecule has 2 rings (SSSR count). The zero-order chi connectivity index (χ0) is 13.5. The van der Waals surface area contributed by atoms with Gasteiger partial charge in [-0.2, -0.15) is 0 Å². The lowest BCUT2D eigenvalue weighted by Crippen LogP contribution is -2.29. The molecule has 0 aromatic heterocycles. The first-order valence-corrected chi connectivity index (χ1v) is 7.47. The lowest BCUT2D eigenvalue weighted by Gasteiger charge is -2.17. The number of phenolic OH excluding ortho intramolecular Hbond substituents is 1. The number of phenols is 1. The van der Waals surface area contributed by atoms with Crippen molar-refractivity contribution in [2.24, 2.45) is 0 Å². The Morgan fingerprint density at radius 1 is 1.33 bits per heavy atom. The molecule has 1 aliphatic carbocycles. The van der Waals surface area contributed by atoms with Crippen molar-refractivity contribution in [2.45, 2.75) is 35.5 Å². The fourth-order valence-corrected chi connectivity index (χ4v) is 4.78. The van der Waals surface area contributed by atoms with Crippen molar-refractivity contribution in [3.63, 3.8) is 0 Å². The minimum absolute atomic E-state index is 0.0505. The van der Waals surface area contributed by atoms with E-state index < -0.39 is 26.9 Å². The molecule has 0 saturated heterocycles. The number of rotatable bonds is 2. The van der Waals surface area contributed by atoms with Gasteiger partial charge in [-0.25, -0.2) is 8.42 Å². The molecule has 4 N–H and O–H groups in total. The highest BCUT2D eigenvalue weighted by Gasteiger charge is 2.40. The Morgan fingerprint density at radius 2 is 2.00 bits per heavy atom. The number of halogens is 1. The highest BCUT2D eigenvalue weighted by molar-refractivity contribution is 7.92. The van der Waals surface area contributed by atoms with Gasteiger partial charge < -0.3 is 15.9 Å². The summed E-state index contributed by atoms with van der Waals surface area (Å²) in [5.74, 6) is -0.540. The number of nitrogen functional groups attached to an aromatic ring is 1. The third kappa shape index (κ3) is 2.04. The SMILES string of the molecule is Nc1ccc(Cl)c(S(=O)(=O)C2CCCC2O)c1O. The number of nitrogens with two attached hydrogens (primary N) is 1. The van der Waals surface area contributed by atoms with Gasteiger partial charge in [-0.15, -0.1) is 0 Å². The maximum atomic E-state index is 12.4. The third-order valence-corrected chi connectivity index (χ3v) is 5.97. The van der Waals surface area contributed by atoms with Gasteiger partial charge in [0.2, 0.25) is 0 Å². The minimum Gasteiger partial charge on any atom is -0.504 e. The number of aliphatic hydroxyl groups is 1. The van der Waals surface area contributed by atoms with Crippen LogP contribution >= 0.6 is 11.6 Å². The summed E-state index contributed by atoms with van der Waals surface area (Å²) in [5.41, 5.74) is 5.43. The summed E-state index contributed by atoms with van der Waals surface area (Å²) in [5, 5.41) is 18.5. The lowest BCUT2D eigenvalue weighted by molar-refractivity contribution is 0.185. The molecule has 0 heterocycles. The molecule has 18 heavy (non-hydrogen) atoms. The molecule has 5 nitrogen and oxygen atoms in total. The molecule has 0 amide bonds. The van der Waals surface area contributed by atoms with Crippen LogP contribution in [0.1, 0.15) is 19.3 Å². The molecule has 1 saturated carbocycles. The van der Waals surface area contributed by atoms with Crippen molar-refractivity contribution >= 4 is 27.1 Å². The van der Waals surface area contributed by atoms with Crippen LogP contribution in [0.2, 0.25) is 5.02 Å². The average molecular weight is 292 g/mol. The van der Waals surface area contributed by atoms with Crippen molar-refractivity contribution in [3.05, 3.63) is 17.2 Å². The molecular formula is C11H14ClNO4S. The molecule has 1 fully saturated rings. The van der Waals surface area contributed by atoms with Crippen LogP contribution in [-0.4, -0.2) is 30.0 Å². The van der Waals surface area contributed by atoms with E-state index in [0.717, 1.165) is 0 Å². The van der Waals surface area contributed by atoms with Crippen LogP contribution in [0, 0.1) is 0 Å². The van der Waals surface area contributed by atoms with E-state index in [1.54, 1.807) is 0 Å². The van der Waals surface area contributed by atoms with Crippen LogP contribution in [0.25, 0.3) is 0 Å². The molecule has 0 radical (unpaired) electrons. The standard InChI is InChI=1S/C11H14ClNO4S/c12-6-4-5-7(13)10(15)11(6)18(16,17)9-3-1-2-8(9)14/h4-5,8-9,14-15H,1-3,13H2. The maximum Gasteiger partial charge on any atom is 0.188 e. The van der Waals surface area contributed by atoms with E-state index in [1.807, 2.05) is 0 Å². The molecule has 0 bridgehead atoms. The monoisotopic (exact) mass is 291 g/mol. The molecule has 100 valence electrons. The number of hydrogen-bond donors (Lipinski definition) is 3. The largest absolute Gasteiger partial charge is 0.504 e. The van der Waals surface area contributed by atoms with Crippen molar-refractivity contribution < 1.29 is 18.6 Å². The molecule has 0 spiro atoms. The lowest BCUT2D eigenvalue weighted by atomic mass is 10.3. The van der Waals surface area contributed by atoms with Crippen molar-refractivity contribution in [1.29, 1.82) is 0 Å². The summed E-state index contributed by atoms with van der Waals surface area (Å²) in [6.45, 7) is 0. The first kappa shape index (κ1) is 13.5. The van der Waals surface area contributed by atoms with Crippen LogP contribution < -0.4 is 5.73 Å². The minimum atomic E-state index is -3.88. The first-order valence-electron chi connectivity index (χ1n) is 5.54. The third-order valence-electron chi connectivity index (χ3n) is 3.22. The highest BCUT2D eigenvalue weighted by atomic mass is 35.5. The zero-order valence-corrected chi connectivity index (χ0v) is 11.1. The topological polar surface area (TPSA) is 101 Å². The van der Waals surface area contributed by atoms with Gasteiger partial charge in [0.15, 0.2) is 15.6 Å². The summed E-state index contributed by atoms with van der Waals surface area (Å²) in [7, 11) is -3.88. The van der Waals surface area contributed by atoms with Crippen LogP contribution in [0.3, 0.4) is 0 Å². The molecule has 2 unspecified atom stereocenters. The van der Waals surface area contributed by atoms with E-state index in [1.165, 1.54) is 12.1 Å². The average Bonchev–Trinajstić information content (AvgIpc) is 2.71. The Balaban J connectivity index is 2.58. The first-order chi connectivity index (χ1) is 8.35. The Morgan fingerprint density at radius 3 is 2.56 bits per heavy atom. The van der Waals surface area contributed by atoms with Gasteiger partial charge in [-0.1, -0.05) is 11.6 Å². The normalized spacial score (nSPS) is 24.3. The maximum absolute atomic E-state index is 12.4. The Labute approximate surface area is 110 Å². The van der Waals surface area contributed by atoms with Gasteiger partial charge in [0.05, 0.1) is 22.1 Å². The van der Waals surface area contributed by atoms with Gasteiger partial charge in [-0.3, -0.25) is 0 Å². The predicted molar refractivity (Wildman–Crippen MR) is 68.4 cm³/mol. The second-order valence-electron chi connectivity index (χ2n) is 4.40. The zero-order valence-electron chi connectivity index (χ0n) is 9.51. The van der Waals surface area contributed by atoms with E-state index in [9.17, 15) is 18.6 Å². The smallest absolute Gasteiger partial charge is 0.188 e. The van der Waals surface area contributed by atoms with Crippen LogP contribution in [0.4, 0.5) is 5.69 Å². The number of sulfone groups is 1. The molecule has 1 aliphatic rings. The Hall–Kier alpha value is -0.980. The van der Waals surface area contributed by atoms with Gasteiger partial charge in [0.1, 0.15) is 4.90 Å². The number of hydrogen-bond acceptors (Lipinski definition) is 5. The number of benzene rings is 1. The van der Waals surface area contributed by atoms with Crippen LogP contribution in [-0.2, 0) is 9.84 Å². The molecule has 7 heteroatoms. The summed E-state index contributed by atoms with van der Waals surface area (Å²) < 4.78 is 24.8. The Bertz CT molecular complexity index is 573. The quantitative estimate of drug-likeness (QED) is 0.563. The number of aliphatic hydroxyl groups excluding tert-OH is 1. The number of aromatic hydroxyl groups is 1.